The van der Waals surface area contributed by atoms with E-state index in [2.05, 4.69) is 14.8 Å². The lowest BCUT2D eigenvalue weighted by molar-refractivity contribution is -0.153. The number of esters is 2. The summed E-state index contributed by atoms with van der Waals surface area (Å²) < 4.78 is 9.16. The molecule has 0 aliphatic carbocycles. The third-order valence-corrected chi connectivity index (χ3v) is 1.26. The minimum absolute atomic E-state index is 0.112. The Morgan fingerprint density at radius 3 is 1.67 bits per heavy atom. The Hall–Kier alpha value is -1.59. The average Bonchev–Trinajstić information content (AvgIpc) is 2.14. The molecular weight excluding hydrogens is 202 g/mol. The molecule has 15 heavy (non-hydrogen) atoms. The van der Waals surface area contributed by atoms with Crippen molar-refractivity contribution in [3.8, 4) is 0 Å². The minimum atomic E-state index is -0.897. The molecule has 0 aromatic heterocycles. The van der Waals surface area contributed by atoms with Crippen LogP contribution in [0.1, 0.15) is 20.8 Å². The van der Waals surface area contributed by atoms with Crippen molar-refractivity contribution in [2.24, 2.45) is 0 Å². The molecule has 0 rings (SSSR count). The Balaban J connectivity index is 4.49. The van der Waals surface area contributed by atoms with E-state index in [0.29, 0.717) is 0 Å². The van der Waals surface area contributed by atoms with Crippen LogP contribution in [0.15, 0.2) is 0 Å². The zero-order chi connectivity index (χ0) is 11.8. The van der Waals surface area contributed by atoms with Gasteiger partial charge in [-0.15, -0.1) is 0 Å². The summed E-state index contributed by atoms with van der Waals surface area (Å²) in [6.45, 7) is 4.59. The van der Waals surface area contributed by atoms with E-state index in [0.717, 1.165) is 0 Å². The summed E-state index contributed by atoms with van der Waals surface area (Å²) >= 11 is 0. The molecule has 0 saturated heterocycles. The van der Waals surface area contributed by atoms with E-state index in [9.17, 15) is 14.4 Å². The highest BCUT2D eigenvalue weighted by atomic mass is 16.6. The van der Waals surface area contributed by atoms with Crippen LogP contribution in [0.5, 0.6) is 0 Å². The molecule has 1 N–H and O–H groups in total. The molecule has 0 aliphatic rings. The Bertz CT molecular complexity index is 233. The highest BCUT2D eigenvalue weighted by Gasteiger charge is 2.32. The first-order chi connectivity index (χ1) is 7.02. The molecule has 0 heterocycles. The Labute approximate surface area is 87.9 Å². The SMILES string of the molecule is CCOC(=O)[C](NC(C)=O)C(=O)OCC. The van der Waals surface area contributed by atoms with Gasteiger partial charge < -0.3 is 14.8 Å². The number of hydrogen-bond acceptors (Lipinski definition) is 5. The van der Waals surface area contributed by atoms with Gasteiger partial charge in [0.15, 0.2) is 0 Å². The van der Waals surface area contributed by atoms with Gasteiger partial charge in [-0.25, -0.2) is 9.59 Å². The number of amides is 1. The molecule has 1 amide bonds. The summed E-state index contributed by atoms with van der Waals surface area (Å²) in [5.41, 5.74) is 0. The highest BCUT2D eigenvalue weighted by Crippen LogP contribution is 2.02. The van der Waals surface area contributed by atoms with Crippen molar-refractivity contribution < 1.29 is 23.9 Å². The lowest BCUT2D eigenvalue weighted by Crippen LogP contribution is -2.40. The molecule has 0 aliphatic heterocycles. The van der Waals surface area contributed by atoms with E-state index in [-0.39, 0.29) is 13.2 Å². The van der Waals surface area contributed by atoms with Crippen molar-refractivity contribution in [2.45, 2.75) is 20.8 Å². The summed E-state index contributed by atoms with van der Waals surface area (Å²) in [5.74, 6) is -2.33. The zero-order valence-electron chi connectivity index (χ0n) is 8.96. The first-order valence-electron chi connectivity index (χ1n) is 4.51. The van der Waals surface area contributed by atoms with Crippen molar-refractivity contribution in [3.05, 3.63) is 6.04 Å². The van der Waals surface area contributed by atoms with E-state index in [1.807, 2.05) is 0 Å². The topological polar surface area (TPSA) is 81.7 Å². The quantitative estimate of drug-likeness (QED) is 0.507. The number of nitrogens with one attached hydrogen (secondary N) is 1. The molecule has 0 aromatic carbocycles. The van der Waals surface area contributed by atoms with Crippen LogP contribution in [0.4, 0.5) is 0 Å². The van der Waals surface area contributed by atoms with Crippen LogP contribution in [-0.4, -0.2) is 31.1 Å². The predicted molar refractivity (Wildman–Crippen MR) is 50.3 cm³/mol. The van der Waals surface area contributed by atoms with Crippen molar-refractivity contribution in [3.63, 3.8) is 0 Å². The van der Waals surface area contributed by atoms with E-state index < -0.39 is 23.9 Å². The average molecular weight is 216 g/mol. The maximum absolute atomic E-state index is 11.2. The van der Waals surface area contributed by atoms with Crippen molar-refractivity contribution >= 4 is 17.8 Å². The van der Waals surface area contributed by atoms with Gasteiger partial charge in [0.05, 0.1) is 13.2 Å². The Morgan fingerprint density at radius 1 is 1.00 bits per heavy atom. The van der Waals surface area contributed by atoms with Crippen LogP contribution in [0.3, 0.4) is 0 Å². The molecule has 0 bridgehead atoms. The molecule has 0 aromatic rings. The van der Waals surface area contributed by atoms with Crippen molar-refractivity contribution in [2.75, 3.05) is 13.2 Å². The minimum Gasteiger partial charge on any atom is -0.464 e. The predicted octanol–water partition coefficient (Wildman–Crippen LogP) is -0.219. The monoisotopic (exact) mass is 216 g/mol. The first kappa shape index (κ1) is 13.4. The van der Waals surface area contributed by atoms with E-state index in [1.165, 1.54) is 6.92 Å². The first-order valence-corrected chi connectivity index (χ1v) is 4.51. The van der Waals surface area contributed by atoms with Gasteiger partial charge in [0.2, 0.25) is 5.91 Å². The van der Waals surface area contributed by atoms with E-state index in [1.54, 1.807) is 13.8 Å². The van der Waals surface area contributed by atoms with Gasteiger partial charge in [0.1, 0.15) is 0 Å². The van der Waals surface area contributed by atoms with Crippen LogP contribution in [-0.2, 0) is 23.9 Å². The lowest BCUT2D eigenvalue weighted by Gasteiger charge is -2.12. The second-order valence-electron chi connectivity index (χ2n) is 2.50. The fourth-order valence-electron chi connectivity index (χ4n) is 0.768. The largest absolute Gasteiger partial charge is 0.464 e. The molecule has 0 saturated carbocycles. The van der Waals surface area contributed by atoms with E-state index in [4.69, 9.17) is 0 Å². The third kappa shape index (κ3) is 4.99. The van der Waals surface area contributed by atoms with Crippen molar-refractivity contribution in [1.29, 1.82) is 0 Å². The molecule has 0 fully saturated rings. The van der Waals surface area contributed by atoms with Crippen LogP contribution >= 0.6 is 0 Å². The van der Waals surface area contributed by atoms with Gasteiger partial charge >= 0.3 is 11.9 Å². The fourth-order valence-corrected chi connectivity index (χ4v) is 0.768. The third-order valence-electron chi connectivity index (χ3n) is 1.26. The maximum atomic E-state index is 11.2. The summed E-state index contributed by atoms with van der Waals surface area (Å²) in [7, 11) is 0. The second kappa shape index (κ2) is 6.80. The van der Waals surface area contributed by atoms with Crippen LogP contribution in [0.25, 0.3) is 0 Å². The van der Waals surface area contributed by atoms with Gasteiger partial charge in [-0.1, -0.05) is 0 Å². The molecule has 0 unspecified atom stereocenters. The zero-order valence-corrected chi connectivity index (χ0v) is 8.96. The number of carbonyl (C=O) groups excluding carboxylic acids is 3. The number of carbonyl (C=O) groups is 3. The molecule has 6 heteroatoms. The summed E-state index contributed by atoms with van der Waals surface area (Å²) in [4.78, 5) is 33.2. The highest BCUT2D eigenvalue weighted by molar-refractivity contribution is 6.11. The number of ether oxygens (including phenoxy) is 2. The van der Waals surface area contributed by atoms with Gasteiger partial charge in [-0.2, -0.15) is 0 Å². The standard InChI is InChI=1S/C9H14NO5/c1-4-14-8(12)7(10-6(3)11)9(13)15-5-2/h4-5H2,1-3H3,(H,10,11). The van der Waals surface area contributed by atoms with Gasteiger partial charge in [0.25, 0.3) is 6.04 Å². The Morgan fingerprint density at radius 2 is 1.40 bits per heavy atom. The molecule has 1 radical (unpaired) electrons. The van der Waals surface area contributed by atoms with Gasteiger partial charge in [0, 0.05) is 6.92 Å². The number of rotatable bonds is 5. The van der Waals surface area contributed by atoms with Crippen LogP contribution in [0, 0.1) is 6.04 Å². The van der Waals surface area contributed by atoms with Gasteiger partial charge in [-0.3, -0.25) is 4.79 Å². The van der Waals surface area contributed by atoms with Crippen LogP contribution < -0.4 is 5.32 Å². The second-order valence-corrected chi connectivity index (χ2v) is 2.50. The summed E-state index contributed by atoms with van der Waals surface area (Å²) in [6.07, 6.45) is 0. The maximum Gasteiger partial charge on any atom is 0.347 e. The summed E-state index contributed by atoms with van der Waals surface area (Å²) in [6, 6.07) is -0.494. The van der Waals surface area contributed by atoms with Crippen molar-refractivity contribution in [1.82, 2.24) is 5.32 Å². The normalized spacial score (nSPS) is 9.60. The van der Waals surface area contributed by atoms with Crippen LogP contribution in [0.2, 0.25) is 0 Å². The van der Waals surface area contributed by atoms with E-state index >= 15 is 0 Å². The molecule has 6 nitrogen and oxygen atoms in total. The molecule has 0 spiro atoms. The van der Waals surface area contributed by atoms with Gasteiger partial charge in [-0.05, 0) is 13.8 Å². The number of hydrogen-bond donors (Lipinski definition) is 1. The summed E-state index contributed by atoms with van der Waals surface area (Å²) in [5, 5.41) is 2.08. The molecule has 0 atom stereocenters. The molecular formula is C9H14NO5. The smallest absolute Gasteiger partial charge is 0.347 e. The lowest BCUT2D eigenvalue weighted by atomic mass is 10.3. The molecule has 85 valence electrons. The fraction of sp³-hybridized carbons (Fsp3) is 0.556. The Kier molecular flexibility index (Phi) is 6.08.